The number of nitrogens with zero attached hydrogens (tertiary/aromatic N) is 6. The molecule has 5 heterocycles. The minimum absolute atomic E-state index is 0.350. The number of benzene rings is 1. The van der Waals surface area contributed by atoms with Crippen molar-refractivity contribution in [3.05, 3.63) is 47.5 Å². The van der Waals surface area contributed by atoms with Crippen LogP contribution in [-0.2, 0) is 7.05 Å². The zero-order valence-corrected chi connectivity index (χ0v) is 18.8. The Hall–Kier alpha value is -2.77. The van der Waals surface area contributed by atoms with Crippen LogP contribution in [0.2, 0.25) is 5.02 Å². The van der Waals surface area contributed by atoms with Gasteiger partial charge in [0, 0.05) is 48.7 Å². The number of likely N-dealkylation sites (tertiary alicyclic amines) is 1. The van der Waals surface area contributed by atoms with Gasteiger partial charge < -0.3 is 9.80 Å². The van der Waals surface area contributed by atoms with Gasteiger partial charge >= 0.3 is 0 Å². The van der Waals surface area contributed by atoms with Gasteiger partial charge in [-0.1, -0.05) is 11.6 Å². The number of hydrogen-bond acceptors (Lipinski definition) is 5. The third-order valence-electron chi connectivity index (χ3n) is 7.00. The molecule has 6 nitrogen and oxygen atoms in total. The number of aryl methyl sites for hydroxylation is 1. The average molecular weight is 451 g/mol. The van der Waals surface area contributed by atoms with Crippen LogP contribution in [0.5, 0.6) is 0 Å². The minimum atomic E-state index is -0.375. The molecule has 0 saturated carbocycles. The standard InChI is InChI=1S/C24H24ClFN6/c1-30-5-3-4-14-12-32(13-22(14)30)17-8-18-19(25)9-21(28-24(18)27-10-17)15-6-16-11-31(2)29-23(16)20(26)7-15/h6-11,14,22H,3-5,12-13H2,1-2H3/t14-,22+/m0/s1. The van der Waals surface area contributed by atoms with Crippen molar-refractivity contribution in [1.82, 2.24) is 24.6 Å². The molecule has 2 fully saturated rings. The van der Waals surface area contributed by atoms with Crippen molar-refractivity contribution in [1.29, 1.82) is 0 Å². The smallest absolute Gasteiger partial charge is 0.161 e. The molecule has 0 bridgehead atoms. The third kappa shape index (κ3) is 3.22. The van der Waals surface area contributed by atoms with E-state index in [0.717, 1.165) is 29.5 Å². The molecule has 0 amide bonds. The van der Waals surface area contributed by atoms with Crippen LogP contribution < -0.4 is 4.90 Å². The van der Waals surface area contributed by atoms with Crippen LogP contribution >= 0.6 is 11.6 Å². The van der Waals surface area contributed by atoms with E-state index in [9.17, 15) is 4.39 Å². The number of halogens is 2. The Bertz CT molecular complexity index is 1350. The van der Waals surface area contributed by atoms with Crippen LogP contribution in [0.1, 0.15) is 12.8 Å². The maximum absolute atomic E-state index is 14.6. The van der Waals surface area contributed by atoms with Gasteiger partial charge in [0.15, 0.2) is 11.5 Å². The molecule has 32 heavy (non-hydrogen) atoms. The highest BCUT2D eigenvalue weighted by Crippen LogP contribution is 2.35. The summed E-state index contributed by atoms with van der Waals surface area (Å²) in [4.78, 5) is 14.2. The van der Waals surface area contributed by atoms with Crippen LogP contribution in [0.25, 0.3) is 33.2 Å². The highest BCUT2D eigenvalue weighted by molar-refractivity contribution is 6.35. The fourth-order valence-electron chi connectivity index (χ4n) is 5.35. The Morgan fingerprint density at radius 1 is 1.12 bits per heavy atom. The van der Waals surface area contributed by atoms with Crippen molar-refractivity contribution in [2.45, 2.75) is 18.9 Å². The van der Waals surface area contributed by atoms with Crippen LogP contribution in [0.3, 0.4) is 0 Å². The molecule has 1 aromatic carbocycles. The predicted octanol–water partition coefficient (Wildman–Crippen LogP) is 4.51. The summed E-state index contributed by atoms with van der Waals surface area (Å²) < 4.78 is 16.2. The molecule has 4 aromatic rings. The highest BCUT2D eigenvalue weighted by Gasteiger charge is 2.37. The van der Waals surface area contributed by atoms with E-state index in [-0.39, 0.29) is 5.82 Å². The summed E-state index contributed by atoms with van der Waals surface area (Å²) >= 11 is 6.68. The van der Waals surface area contributed by atoms with Gasteiger partial charge in [0.2, 0.25) is 0 Å². The number of rotatable bonds is 2. The lowest BCUT2D eigenvalue weighted by molar-refractivity contribution is 0.158. The number of hydrogen-bond donors (Lipinski definition) is 0. The molecule has 6 rings (SSSR count). The molecule has 0 radical (unpaired) electrons. The van der Waals surface area contributed by atoms with E-state index in [2.05, 4.69) is 33.0 Å². The summed E-state index contributed by atoms with van der Waals surface area (Å²) in [5, 5.41) is 6.28. The Morgan fingerprint density at radius 3 is 2.84 bits per heavy atom. The first-order valence-electron chi connectivity index (χ1n) is 11.0. The van der Waals surface area contributed by atoms with E-state index in [4.69, 9.17) is 16.6 Å². The zero-order valence-electron chi connectivity index (χ0n) is 18.1. The second-order valence-electron chi connectivity index (χ2n) is 9.11. The SMILES string of the molecule is CN1CCC[C@H]2CN(c3cnc4nc(-c5cc(F)c6nn(C)cc6c5)cc(Cl)c4c3)C[C@H]21. The van der Waals surface area contributed by atoms with Crippen LogP contribution in [0.4, 0.5) is 10.1 Å². The minimum Gasteiger partial charge on any atom is -0.368 e. The summed E-state index contributed by atoms with van der Waals surface area (Å²) in [6.45, 7) is 3.24. The van der Waals surface area contributed by atoms with Gasteiger partial charge in [-0.15, -0.1) is 0 Å². The molecular weight excluding hydrogens is 427 g/mol. The number of fused-ring (bicyclic) bond motifs is 3. The largest absolute Gasteiger partial charge is 0.368 e. The Labute approximate surface area is 190 Å². The summed E-state index contributed by atoms with van der Waals surface area (Å²) in [6.07, 6.45) is 6.24. The molecule has 164 valence electrons. The molecule has 2 aliphatic heterocycles. The molecule has 0 N–H and O–H groups in total. The van der Waals surface area contributed by atoms with Crippen LogP contribution in [0, 0.1) is 11.7 Å². The summed E-state index contributed by atoms with van der Waals surface area (Å²) in [5.41, 5.74) is 3.25. The fraction of sp³-hybridized carbons (Fsp3) is 0.375. The molecular formula is C24H24ClFN6. The average Bonchev–Trinajstić information content (AvgIpc) is 3.37. The summed E-state index contributed by atoms with van der Waals surface area (Å²) in [5.74, 6) is 0.331. The van der Waals surface area contributed by atoms with Gasteiger partial charge in [-0.05, 0) is 56.6 Å². The second kappa shape index (κ2) is 7.39. The molecule has 0 aliphatic carbocycles. The lowest BCUT2D eigenvalue weighted by atomic mass is 9.93. The van der Waals surface area contributed by atoms with Crippen LogP contribution in [-0.4, -0.2) is 57.4 Å². The van der Waals surface area contributed by atoms with Crippen molar-refractivity contribution in [3.63, 3.8) is 0 Å². The van der Waals surface area contributed by atoms with E-state index >= 15 is 0 Å². The van der Waals surface area contributed by atoms with Crippen LogP contribution in [0.15, 0.2) is 36.7 Å². The van der Waals surface area contributed by atoms with E-state index in [1.807, 2.05) is 12.3 Å². The first-order valence-corrected chi connectivity index (χ1v) is 11.4. The van der Waals surface area contributed by atoms with Crippen molar-refractivity contribution in [3.8, 4) is 11.3 Å². The van der Waals surface area contributed by atoms with Gasteiger partial charge in [-0.2, -0.15) is 5.10 Å². The molecule has 8 heteroatoms. The number of likely N-dealkylation sites (N-methyl/N-ethyl adjacent to an activating group) is 1. The number of anilines is 1. The topological polar surface area (TPSA) is 50.1 Å². The third-order valence-corrected chi connectivity index (χ3v) is 7.31. The maximum atomic E-state index is 14.6. The van der Waals surface area contributed by atoms with Crippen molar-refractivity contribution < 1.29 is 4.39 Å². The maximum Gasteiger partial charge on any atom is 0.161 e. The molecule has 2 saturated heterocycles. The van der Waals surface area contributed by atoms with Gasteiger partial charge in [0.05, 0.1) is 22.6 Å². The Morgan fingerprint density at radius 2 is 2.00 bits per heavy atom. The Kier molecular flexibility index (Phi) is 4.59. The normalized spacial score (nSPS) is 21.6. The molecule has 2 aliphatic rings. The molecule has 0 unspecified atom stereocenters. The van der Waals surface area contributed by atoms with Crippen molar-refractivity contribution in [2.75, 3.05) is 31.6 Å². The van der Waals surface area contributed by atoms with E-state index in [1.54, 1.807) is 24.0 Å². The van der Waals surface area contributed by atoms with Gasteiger partial charge in [0.25, 0.3) is 0 Å². The molecule has 0 spiro atoms. The van der Waals surface area contributed by atoms with E-state index < -0.39 is 0 Å². The molecule has 2 atom stereocenters. The zero-order chi connectivity index (χ0) is 22.0. The number of aromatic nitrogens is 4. The predicted molar refractivity (Wildman–Crippen MR) is 126 cm³/mol. The first-order chi connectivity index (χ1) is 15.5. The molecule has 3 aromatic heterocycles. The number of pyridine rings is 2. The van der Waals surface area contributed by atoms with E-state index in [1.165, 1.54) is 25.5 Å². The summed E-state index contributed by atoms with van der Waals surface area (Å²) in [6, 6.07) is 7.82. The quantitative estimate of drug-likeness (QED) is 0.450. The van der Waals surface area contributed by atoms with E-state index in [0.29, 0.717) is 39.4 Å². The first kappa shape index (κ1) is 19.9. The highest BCUT2D eigenvalue weighted by atomic mass is 35.5. The van der Waals surface area contributed by atoms with Crippen molar-refractivity contribution in [2.24, 2.45) is 13.0 Å². The van der Waals surface area contributed by atoms with Gasteiger partial charge in [-0.3, -0.25) is 4.68 Å². The Balaban J connectivity index is 1.36. The fourth-order valence-corrected chi connectivity index (χ4v) is 5.60. The monoisotopic (exact) mass is 450 g/mol. The lowest BCUT2D eigenvalue weighted by Crippen LogP contribution is -2.42. The number of piperidine rings is 1. The lowest BCUT2D eigenvalue weighted by Gasteiger charge is -2.33. The summed E-state index contributed by atoms with van der Waals surface area (Å²) in [7, 11) is 4.01. The van der Waals surface area contributed by atoms with Gasteiger partial charge in [0.1, 0.15) is 5.52 Å². The van der Waals surface area contributed by atoms with Gasteiger partial charge in [-0.25, -0.2) is 14.4 Å². The second-order valence-corrected chi connectivity index (χ2v) is 9.52. The van der Waals surface area contributed by atoms with Crippen molar-refractivity contribution >= 4 is 39.2 Å².